The highest BCUT2D eigenvalue weighted by molar-refractivity contribution is 7.99. The number of hydrogen-bond donors (Lipinski definition) is 0. The molecule has 0 atom stereocenters. The van der Waals surface area contributed by atoms with Crippen LogP contribution >= 0.6 is 11.8 Å². The molecule has 0 radical (unpaired) electrons. The number of thioether (sulfide) groups is 1. The van der Waals surface area contributed by atoms with Gasteiger partial charge in [0.15, 0.2) is 9.84 Å². The van der Waals surface area contributed by atoms with Gasteiger partial charge in [0.05, 0.1) is 4.90 Å². The second-order valence-electron chi connectivity index (χ2n) is 4.09. The number of carbonyl (C=O) groups is 1. The van der Waals surface area contributed by atoms with Crippen LogP contribution < -0.4 is 0 Å². The average Bonchev–Trinajstić information content (AvgIpc) is 2.33. The summed E-state index contributed by atoms with van der Waals surface area (Å²) in [5.74, 6) is 1.17. The fourth-order valence-corrected chi connectivity index (χ4v) is 2.90. The number of hydrogen-bond acceptors (Lipinski definition) is 4. The van der Waals surface area contributed by atoms with Gasteiger partial charge >= 0.3 is 0 Å². The average molecular weight is 286 g/mol. The zero-order valence-corrected chi connectivity index (χ0v) is 12.3. The molecule has 0 aliphatic heterocycles. The van der Waals surface area contributed by atoms with Gasteiger partial charge in [-0.3, -0.25) is 4.79 Å². The summed E-state index contributed by atoms with van der Waals surface area (Å²) in [6.07, 6.45) is 3.30. The highest BCUT2D eigenvalue weighted by Gasteiger charge is 2.06. The van der Waals surface area contributed by atoms with Crippen molar-refractivity contribution in [3.05, 3.63) is 24.3 Å². The maximum Gasteiger partial charge on any atom is 0.175 e. The summed E-state index contributed by atoms with van der Waals surface area (Å²) in [5.41, 5.74) is 0. The predicted molar refractivity (Wildman–Crippen MR) is 74.8 cm³/mol. The van der Waals surface area contributed by atoms with Gasteiger partial charge in [-0.1, -0.05) is 6.92 Å². The van der Waals surface area contributed by atoms with E-state index in [0.29, 0.717) is 23.5 Å². The van der Waals surface area contributed by atoms with Gasteiger partial charge in [0.25, 0.3) is 0 Å². The third-order valence-electron chi connectivity index (χ3n) is 2.51. The van der Waals surface area contributed by atoms with E-state index in [0.717, 1.165) is 17.1 Å². The number of sulfone groups is 1. The quantitative estimate of drug-likeness (QED) is 0.571. The van der Waals surface area contributed by atoms with Crippen LogP contribution in [-0.4, -0.2) is 26.2 Å². The van der Waals surface area contributed by atoms with Crippen LogP contribution in [0.25, 0.3) is 0 Å². The number of benzene rings is 1. The Balaban J connectivity index is 2.43. The summed E-state index contributed by atoms with van der Waals surface area (Å²) >= 11 is 1.65. The SMILES string of the molecule is CCC(=O)CCCSc1ccc(S(C)(=O)=O)cc1. The van der Waals surface area contributed by atoms with Crippen molar-refractivity contribution in [2.24, 2.45) is 0 Å². The van der Waals surface area contributed by atoms with Crippen LogP contribution in [0.4, 0.5) is 0 Å². The molecule has 0 saturated carbocycles. The Morgan fingerprint density at radius 3 is 2.33 bits per heavy atom. The van der Waals surface area contributed by atoms with E-state index in [1.54, 1.807) is 23.9 Å². The van der Waals surface area contributed by atoms with Crippen molar-refractivity contribution in [1.82, 2.24) is 0 Å². The Morgan fingerprint density at radius 1 is 1.22 bits per heavy atom. The van der Waals surface area contributed by atoms with Gasteiger partial charge in [-0.15, -0.1) is 11.8 Å². The topological polar surface area (TPSA) is 51.2 Å². The molecule has 1 aromatic rings. The Kier molecular flexibility index (Phi) is 5.88. The van der Waals surface area contributed by atoms with Gasteiger partial charge in [0, 0.05) is 24.0 Å². The zero-order valence-electron chi connectivity index (χ0n) is 10.7. The minimum Gasteiger partial charge on any atom is -0.300 e. The third kappa shape index (κ3) is 5.23. The highest BCUT2D eigenvalue weighted by atomic mass is 32.2. The van der Waals surface area contributed by atoms with E-state index in [2.05, 4.69) is 0 Å². The van der Waals surface area contributed by atoms with Gasteiger partial charge < -0.3 is 0 Å². The van der Waals surface area contributed by atoms with E-state index in [9.17, 15) is 13.2 Å². The summed E-state index contributed by atoms with van der Waals surface area (Å²) < 4.78 is 22.5. The van der Waals surface area contributed by atoms with Crippen molar-refractivity contribution in [3.63, 3.8) is 0 Å². The zero-order chi connectivity index (χ0) is 13.6. The summed E-state index contributed by atoms with van der Waals surface area (Å²) in [7, 11) is -3.11. The first-order valence-electron chi connectivity index (χ1n) is 5.88. The molecule has 1 aromatic carbocycles. The van der Waals surface area contributed by atoms with Crippen molar-refractivity contribution in [3.8, 4) is 0 Å². The van der Waals surface area contributed by atoms with Crippen LogP contribution in [0.2, 0.25) is 0 Å². The Morgan fingerprint density at radius 2 is 1.83 bits per heavy atom. The van der Waals surface area contributed by atoms with Crippen molar-refractivity contribution in [2.75, 3.05) is 12.0 Å². The molecule has 0 heterocycles. The molecule has 0 bridgehead atoms. The van der Waals surface area contributed by atoms with E-state index in [1.807, 2.05) is 19.1 Å². The number of rotatable bonds is 7. The number of carbonyl (C=O) groups excluding carboxylic acids is 1. The van der Waals surface area contributed by atoms with Gasteiger partial charge in [0.1, 0.15) is 5.78 Å². The molecule has 0 N–H and O–H groups in total. The Labute approximate surface area is 113 Å². The van der Waals surface area contributed by atoms with Crippen LogP contribution in [0, 0.1) is 0 Å². The van der Waals surface area contributed by atoms with Gasteiger partial charge in [-0.05, 0) is 36.4 Å². The maximum absolute atomic E-state index is 11.3. The standard InChI is InChI=1S/C13H18O3S2/c1-3-11(14)5-4-10-17-12-6-8-13(9-7-12)18(2,15)16/h6-9H,3-5,10H2,1-2H3. The van der Waals surface area contributed by atoms with E-state index in [-0.39, 0.29) is 0 Å². The summed E-state index contributed by atoms with van der Waals surface area (Å²) in [6.45, 7) is 1.87. The molecule has 0 aliphatic carbocycles. The molecule has 0 spiro atoms. The van der Waals surface area contributed by atoms with Crippen LogP contribution in [0.15, 0.2) is 34.1 Å². The first-order chi connectivity index (χ1) is 8.43. The Bertz CT molecular complexity index is 489. The van der Waals surface area contributed by atoms with Crippen molar-refractivity contribution < 1.29 is 13.2 Å². The monoisotopic (exact) mass is 286 g/mol. The third-order valence-corrected chi connectivity index (χ3v) is 4.74. The van der Waals surface area contributed by atoms with E-state index in [1.165, 1.54) is 6.26 Å². The van der Waals surface area contributed by atoms with Crippen LogP contribution in [-0.2, 0) is 14.6 Å². The van der Waals surface area contributed by atoms with Crippen molar-refractivity contribution in [1.29, 1.82) is 0 Å². The molecule has 0 aliphatic rings. The van der Waals surface area contributed by atoms with Crippen molar-refractivity contribution >= 4 is 27.4 Å². The van der Waals surface area contributed by atoms with Gasteiger partial charge in [-0.2, -0.15) is 0 Å². The smallest absolute Gasteiger partial charge is 0.175 e. The normalized spacial score (nSPS) is 11.4. The lowest BCUT2D eigenvalue weighted by Gasteiger charge is -2.03. The van der Waals surface area contributed by atoms with Crippen LogP contribution in [0.1, 0.15) is 26.2 Å². The van der Waals surface area contributed by atoms with Gasteiger partial charge in [0.2, 0.25) is 0 Å². The minimum absolute atomic E-state index is 0.294. The molecular weight excluding hydrogens is 268 g/mol. The lowest BCUT2D eigenvalue weighted by atomic mass is 10.2. The maximum atomic E-state index is 11.3. The second kappa shape index (κ2) is 6.95. The molecule has 0 amide bonds. The van der Waals surface area contributed by atoms with Crippen molar-refractivity contribution in [2.45, 2.75) is 36.0 Å². The summed E-state index contributed by atoms with van der Waals surface area (Å²) in [4.78, 5) is 12.5. The molecule has 3 nitrogen and oxygen atoms in total. The number of Topliss-reactive ketones (excluding diaryl/α,β-unsaturated/α-hetero) is 1. The highest BCUT2D eigenvalue weighted by Crippen LogP contribution is 2.21. The fourth-order valence-electron chi connectivity index (χ4n) is 1.42. The molecule has 100 valence electrons. The van der Waals surface area contributed by atoms with E-state index >= 15 is 0 Å². The second-order valence-corrected chi connectivity index (χ2v) is 7.27. The Hall–Kier alpha value is -0.810. The lowest BCUT2D eigenvalue weighted by Crippen LogP contribution is -1.96. The number of ketones is 1. The fraction of sp³-hybridized carbons (Fsp3) is 0.462. The van der Waals surface area contributed by atoms with Gasteiger partial charge in [-0.25, -0.2) is 8.42 Å². The predicted octanol–water partition coefficient (Wildman–Crippen LogP) is 2.94. The first-order valence-corrected chi connectivity index (χ1v) is 8.76. The summed E-state index contributed by atoms with van der Waals surface area (Å²) in [6, 6.07) is 6.86. The minimum atomic E-state index is -3.11. The largest absolute Gasteiger partial charge is 0.300 e. The van der Waals surface area contributed by atoms with E-state index < -0.39 is 9.84 Å². The molecule has 5 heteroatoms. The molecular formula is C13H18O3S2. The summed E-state index contributed by atoms with van der Waals surface area (Å²) in [5, 5.41) is 0. The first kappa shape index (κ1) is 15.2. The molecule has 0 aromatic heterocycles. The molecule has 0 saturated heterocycles. The molecule has 1 rings (SSSR count). The van der Waals surface area contributed by atoms with Crippen LogP contribution in [0.3, 0.4) is 0 Å². The molecule has 0 fully saturated rings. The van der Waals surface area contributed by atoms with E-state index in [4.69, 9.17) is 0 Å². The molecule has 18 heavy (non-hydrogen) atoms. The van der Waals surface area contributed by atoms with Crippen LogP contribution in [0.5, 0.6) is 0 Å². The molecule has 0 unspecified atom stereocenters. The lowest BCUT2D eigenvalue weighted by molar-refractivity contribution is -0.118.